The highest BCUT2D eigenvalue weighted by Gasteiger charge is 2.32. The molecule has 2 amide bonds. The van der Waals surface area contributed by atoms with Crippen LogP contribution in [-0.4, -0.2) is 46.9 Å². The molecule has 16 heavy (non-hydrogen) atoms. The number of carboxylic acids is 1. The molecule has 7 heteroatoms. The first-order valence-electron chi connectivity index (χ1n) is 4.97. The van der Waals surface area contributed by atoms with Crippen LogP contribution in [0.25, 0.3) is 0 Å². The van der Waals surface area contributed by atoms with Gasteiger partial charge in [-0.05, 0) is 6.42 Å². The van der Waals surface area contributed by atoms with E-state index in [2.05, 4.69) is 0 Å². The zero-order chi connectivity index (χ0) is 12.3. The maximum atomic E-state index is 11.6. The van der Waals surface area contributed by atoms with E-state index in [0.29, 0.717) is 13.0 Å². The van der Waals surface area contributed by atoms with Crippen LogP contribution in [0, 0.1) is 5.92 Å². The molecule has 2 atom stereocenters. The summed E-state index contributed by atoms with van der Waals surface area (Å²) in [4.78, 5) is 34.3. The van der Waals surface area contributed by atoms with Crippen molar-refractivity contribution in [3.8, 4) is 0 Å². The first kappa shape index (κ1) is 12.4. The third-order valence-corrected chi connectivity index (χ3v) is 2.61. The van der Waals surface area contributed by atoms with E-state index >= 15 is 0 Å². The quantitative estimate of drug-likeness (QED) is 0.520. The van der Waals surface area contributed by atoms with Crippen molar-refractivity contribution < 1.29 is 19.5 Å². The van der Waals surface area contributed by atoms with E-state index in [9.17, 15) is 14.4 Å². The molecule has 0 bridgehead atoms. The summed E-state index contributed by atoms with van der Waals surface area (Å²) >= 11 is 0. The highest BCUT2D eigenvalue weighted by molar-refractivity contribution is 5.87. The smallest absolute Gasteiger partial charge is 0.305 e. The minimum atomic E-state index is -1.12. The highest BCUT2D eigenvalue weighted by atomic mass is 16.4. The third-order valence-electron chi connectivity index (χ3n) is 2.61. The van der Waals surface area contributed by atoms with Gasteiger partial charge in [0, 0.05) is 13.1 Å². The van der Waals surface area contributed by atoms with E-state index in [-0.39, 0.29) is 12.5 Å². The Balaban J connectivity index is 2.50. The Morgan fingerprint density at radius 3 is 2.50 bits per heavy atom. The Morgan fingerprint density at radius 1 is 1.44 bits per heavy atom. The Labute approximate surface area is 92.4 Å². The molecule has 1 heterocycles. The lowest BCUT2D eigenvalue weighted by Crippen LogP contribution is -2.44. The average Bonchev–Trinajstić information content (AvgIpc) is 2.64. The Kier molecular flexibility index (Phi) is 3.83. The molecule has 5 N–H and O–H groups in total. The molecule has 2 unspecified atom stereocenters. The molecular weight excluding hydrogens is 214 g/mol. The fourth-order valence-corrected chi connectivity index (χ4v) is 1.70. The van der Waals surface area contributed by atoms with E-state index in [4.69, 9.17) is 16.6 Å². The number of primary amides is 1. The van der Waals surface area contributed by atoms with E-state index in [1.165, 1.54) is 4.90 Å². The molecule has 1 aliphatic heterocycles. The Morgan fingerprint density at radius 2 is 2.06 bits per heavy atom. The Hall–Kier alpha value is -1.63. The maximum Gasteiger partial charge on any atom is 0.305 e. The van der Waals surface area contributed by atoms with Crippen LogP contribution in [0.3, 0.4) is 0 Å². The second-order valence-electron chi connectivity index (χ2n) is 3.88. The average molecular weight is 229 g/mol. The molecule has 90 valence electrons. The standard InChI is InChI=1S/C9H15N3O4/c10-6(3-7(13)14)9(16)12-2-1-5(4-12)8(11)15/h5-6H,1-4,10H2,(H2,11,15)(H,13,14). The molecule has 1 fully saturated rings. The van der Waals surface area contributed by atoms with Gasteiger partial charge in [0.15, 0.2) is 0 Å². The van der Waals surface area contributed by atoms with Gasteiger partial charge in [-0.25, -0.2) is 0 Å². The highest BCUT2D eigenvalue weighted by Crippen LogP contribution is 2.16. The summed E-state index contributed by atoms with van der Waals surface area (Å²) in [5.41, 5.74) is 10.5. The summed E-state index contributed by atoms with van der Waals surface area (Å²) in [6, 6.07) is -1.05. The number of nitrogens with zero attached hydrogens (tertiary/aromatic N) is 1. The minimum absolute atomic E-state index is 0.238. The number of rotatable bonds is 4. The monoisotopic (exact) mass is 229 g/mol. The number of amides is 2. The van der Waals surface area contributed by atoms with E-state index < -0.39 is 30.2 Å². The molecule has 0 radical (unpaired) electrons. The number of aliphatic carboxylic acids is 1. The normalized spacial score (nSPS) is 21.8. The van der Waals surface area contributed by atoms with Crippen LogP contribution in [-0.2, 0) is 14.4 Å². The van der Waals surface area contributed by atoms with Crippen molar-refractivity contribution in [1.29, 1.82) is 0 Å². The molecule has 1 rings (SSSR count). The molecule has 0 aromatic heterocycles. The third kappa shape index (κ3) is 2.93. The van der Waals surface area contributed by atoms with Crippen molar-refractivity contribution in [2.45, 2.75) is 18.9 Å². The minimum Gasteiger partial charge on any atom is -0.481 e. The zero-order valence-corrected chi connectivity index (χ0v) is 8.76. The molecule has 0 aliphatic carbocycles. The van der Waals surface area contributed by atoms with Gasteiger partial charge in [0.05, 0.1) is 18.4 Å². The summed E-state index contributed by atoms with van der Waals surface area (Å²) < 4.78 is 0. The molecule has 0 spiro atoms. The number of nitrogens with two attached hydrogens (primary N) is 2. The van der Waals surface area contributed by atoms with Gasteiger partial charge in [0.2, 0.25) is 11.8 Å². The number of hydrogen-bond acceptors (Lipinski definition) is 4. The number of hydrogen-bond donors (Lipinski definition) is 3. The molecular formula is C9H15N3O4. The van der Waals surface area contributed by atoms with Crippen LogP contribution in [0.5, 0.6) is 0 Å². The molecule has 1 saturated heterocycles. The van der Waals surface area contributed by atoms with Crippen LogP contribution >= 0.6 is 0 Å². The molecule has 0 aromatic rings. The lowest BCUT2D eigenvalue weighted by molar-refractivity contribution is -0.141. The van der Waals surface area contributed by atoms with Crippen LogP contribution < -0.4 is 11.5 Å². The predicted molar refractivity (Wildman–Crippen MR) is 54.1 cm³/mol. The number of carbonyl (C=O) groups excluding carboxylic acids is 2. The summed E-state index contributed by atoms with van der Waals surface area (Å²) in [7, 11) is 0. The maximum absolute atomic E-state index is 11.6. The molecule has 1 aliphatic rings. The van der Waals surface area contributed by atoms with Crippen LogP contribution in [0.4, 0.5) is 0 Å². The van der Waals surface area contributed by atoms with Crippen molar-refractivity contribution in [2.75, 3.05) is 13.1 Å². The van der Waals surface area contributed by atoms with Gasteiger partial charge in [-0.15, -0.1) is 0 Å². The van der Waals surface area contributed by atoms with Crippen molar-refractivity contribution in [3.05, 3.63) is 0 Å². The van der Waals surface area contributed by atoms with E-state index in [1.54, 1.807) is 0 Å². The number of likely N-dealkylation sites (tertiary alicyclic amines) is 1. The van der Waals surface area contributed by atoms with Gasteiger partial charge in [-0.3, -0.25) is 14.4 Å². The van der Waals surface area contributed by atoms with E-state index in [1.807, 2.05) is 0 Å². The van der Waals surface area contributed by atoms with Crippen LogP contribution in [0.15, 0.2) is 0 Å². The SMILES string of the molecule is NC(=O)C1CCN(C(=O)C(N)CC(=O)O)C1. The summed E-state index contributed by atoms with van der Waals surface area (Å²) in [6.45, 7) is 0.640. The van der Waals surface area contributed by atoms with Crippen LogP contribution in [0.2, 0.25) is 0 Å². The van der Waals surface area contributed by atoms with Crippen molar-refractivity contribution >= 4 is 17.8 Å². The van der Waals surface area contributed by atoms with Gasteiger partial charge in [-0.2, -0.15) is 0 Å². The topological polar surface area (TPSA) is 127 Å². The van der Waals surface area contributed by atoms with Crippen molar-refractivity contribution in [2.24, 2.45) is 17.4 Å². The van der Waals surface area contributed by atoms with Gasteiger partial charge in [-0.1, -0.05) is 0 Å². The first-order valence-corrected chi connectivity index (χ1v) is 4.97. The van der Waals surface area contributed by atoms with Gasteiger partial charge >= 0.3 is 5.97 Å². The van der Waals surface area contributed by atoms with Crippen molar-refractivity contribution in [3.63, 3.8) is 0 Å². The van der Waals surface area contributed by atoms with Crippen molar-refractivity contribution in [1.82, 2.24) is 4.90 Å². The first-order chi connectivity index (χ1) is 7.41. The lowest BCUT2D eigenvalue weighted by Gasteiger charge is -2.19. The second kappa shape index (κ2) is 4.93. The summed E-state index contributed by atoms with van der Waals surface area (Å²) in [6.07, 6.45) is 0.109. The van der Waals surface area contributed by atoms with E-state index in [0.717, 1.165) is 0 Å². The molecule has 0 aromatic carbocycles. The fraction of sp³-hybridized carbons (Fsp3) is 0.667. The largest absolute Gasteiger partial charge is 0.481 e. The van der Waals surface area contributed by atoms with Gasteiger partial charge < -0.3 is 21.5 Å². The van der Waals surface area contributed by atoms with Crippen LogP contribution in [0.1, 0.15) is 12.8 Å². The van der Waals surface area contributed by atoms with Gasteiger partial charge in [0.25, 0.3) is 0 Å². The fourth-order valence-electron chi connectivity index (χ4n) is 1.70. The summed E-state index contributed by atoms with van der Waals surface area (Å²) in [5, 5.41) is 8.49. The lowest BCUT2D eigenvalue weighted by atomic mass is 10.1. The zero-order valence-electron chi connectivity index (χ0n) is 8.76. The van der Waals surface area contributed by atoms with Gasteiger partial charge in [0.1, 0.15) is 0 Å². The molecule has 7 nitrogen and oxygen atoms in total. The Bertz CT molecular complexity index is 318. The number of carboxylic acid groups (broad SMARTS) is 1. The molecule has 0 saturated carbocycles. The summed E-state index contributed by atoms with van der Waals surface area (Å²) in [5.74, 6) is -2.35. The number of carbonyl (C=O) groups is 3. The predicted octanol–water partition coefficient (Wildman–Crippen LogP) is -1.88. The second-order valence-corrected chi connectivity index (χ2v) is 3.88.